The van der Waals surface area contributed by atoms with Crippen LogP contribution in [0.15, 0.2) is 64.8 Å². The van der Waals surface area contributed by atoms with Gasteiger partial charge in [-0.05, 0) is 24.3 Å². The van der Waals surface area contributed by atoms with Gasteiger partial charge in [0, 0.05) is 24.1 Å². The first-order chi connectivity index (χ1) is 16.0. The SMILES string of the molecule is COc1ccc(NC(=O)CSc2nnc3c(=O)n(-c4ccccc4OC)ccn23)cc1OC. The summed E-state index contributed by atoms with van der Waals surface area (Å²) < 4.78 is 18.8. The molecule has 0 aliphatic carbocycles. The van der Waals surface area contributed by atoms with Gasteiger partial charge < -0.3 is 19.5 Å². The van der Waals surface area contributed by atoms with Gasteiger partial charge in [-0.15, -0.1) is 10.2 Å². The molecule has 0 aliphatic rings. The van der Waals surface area contributed by atoms with Crippen molar-refractivity contribution in [3.05, 3.63) is 65.2 Å². The van der Waals surface area contributed by atoms with Crippen LogP contribution in [0.25, 0.3) is 11.3 Å². The van der Waals surface area contributed by atoms with Crippen LogP contribution in [-0.4, -0.2) is 52.2 Å². The molecule has 170 valence electrons. The first-order valence-corrected chi connectivity index (χ1v) is 10.8. The van der Waals surface area contributed by atoms with Crippen molar-refractivity contribution in [3.63, 3.8) is 0 Å². The molecule has 2 aromatic heterocycles. The van der Waals surface area contributed by atoms with Gasteiger partial charge in [-0.3, -0.25) is 18.6 Å². The van der Waals surface area contributed by atoms with E-state index in [9.17, 15) is 9.59 Å². The summed E-state index contributed by atoms with van der Waals surface area (Å²) in [5, 5.41) is 11.3. The van der Waals surface area contributed by atoms with Gasteiger partial charge in [-0.1, -0.05) is 23.9 Å². The lowest BCUT2D eigenvalue weighted by Gasteiger charge is -2.11. The number of ether oxygens (including phenoxy) is 3. The minimum atomic E-state index is -0.351. The minimum Gasteiger partial charge on any atom is -0.495 e. The van der Waals surface area contributed by atoms with Crippen LogP contribution in [-0.2, 0) is 4.79 Å². The Balaban J connectivity index is 1.50. The van der Waals surface area contributed by atoms with E-state index in [1.54, 1.807) is 61.3 Å². The number of para-hydroxylation sites is 2. The van der Waals surface area contributed by atoms with Gasteiger partial charge in [0.1, 0.15) is 5.75 Å². The molecule has 10 nitrogen and oxygen atoms in total. The Morgan fingerprint density at radius 2 is 1.73 bits per heavy atom. The van der Waals surface area contributed by atoms with Gasteiger partial charge in [0.25, 0.3) is 0 Å². The summed E-state index contributed by atoms with van der Waals surface area (Å²) in [4.78, 5) is 25.4. The molecule has 0 bridgehead atoms. The molecule has 1 amide bonds. The molecule has 4 rings (SSSR count). The molecule has 0 aliphatic heterocycles. The fourth-order valence-corrected chi connectivity index (χ4v) is 3.94. The highest BCUT2D eigenvalue weighted by molar-refractivity contribution is 7.99. The number of nitrogens with one attached hydrogen (secondary N) is 1. The van der Waals surface area contributed by atoms with Crippen LogP contribution < -0.4 is 25.1 Å². The van der Waals surface area contributed by atoms with Crippen molar-refractivity contribution < 1.29 is 19.0 Å². The maximum absolute atomic E-state index is 13.0. The number of rotatable bonds is 8. The fourth-order valence-electron chi connectivity index (χ4n) is 3.22. The van der Waals surface area contributed by atoms with E-state index in [0.29, 0.717) is 33.8 Å². The zero-order valence-electron chi connectivity index (χ0n) is 18.1. The van der Waals surface area contributed by atoms with Crippen molar-refractivity contribution in [2.45, 2.75) is 5.16 Å². The molecule has 0 radical (unpaired) electrons. The molecule has 2 heterocycles. The Bertz CT molecular complexity index is 1370. The van der Waals surface area contributed by atoms with E-state index in [-0.39, 0.29) is 22.9 Å². The second kappa shape index (κ2) is 9.65. The monoisotopic (exact) mass is 467 g/mol. The summed E-state index contributed by atoms with van der Waals surface area (Å²) in [5.74, 6) is 1.47. The predicted octanol–water partition coefficient (Wildman–Crippen LogP) is 2.64. The molecular formula is C22H21N5O5S. The number of anilines is 1. The number of hydrogen-bond donors (Lipinski definition) is 1. The molecule has 0 unspecified atom stereocenters. The standard InChI is InChI=1S/C22H21N5O5S/c1-30-16-7-5-4-6-15(16)26-10-11-27-20(21(26)29)24-25-22(27)33-13-19(28)23-14-8-9-17(31-2)18(12-14)32-3/h4-12H,13H2,1-3H3,(H,23,28). The van der Waals surface area contributed by atoms with Gasteiger partial charge in [0.2, 0.25) is 11.6 Å². The van der Waals surface area contributed by atoms with Crippen molar-refractivity contribution >= 4 is 29.0 Å². The van der Waals surface area contributed by atoms with Gasteiger partial charge in [-0.2, -0.15) is 0 Å². The van der Waals surface area contributed by atoms with Crippen LogP contribution in [0.1, 0.15) is 0 Å². The predicted molar refractivity (Wildman–Crippen MR) is 124 cm³/mol. The molecular weight excluding hydrogens is 446 g/mol. The van der Waals surface area contributed by atoms with Crippen LogP contribution >= 0.6 is 11.8 Å². The molecule has 11 heteroatoms. The Labute approximate surface area is 193 Å². The number of methoxy groups -OCH3 is 3. The third kappa shape index (κ3) is 4.48. The van der Waals surface area contributed by atoms with E-state index in [2.05, 4.69) is 15.5 Å². The van der Waals surface area contributed by atoms with Crippen molar-refractivity contribution in [2.75, 3.05) is 32.4 Å². The Morgan fingerprint density at radius 3 is 2.48 bits per heavy atom. The summed E-state index contributed by atoms with van der Waals surface area (Å²) in [6, 6.07) is 12.3. The molecule has 1 N–H and O–H groups in total. The third-order valence-electron chi connectivity index (χ3n) is 4.78. The minimum absolute atomic E-state index is 0.0741. The zero-order valence-corrected chi connectivity index (χ0v) is 19.0. The number of thioether (sulfide) groups is 1. The number of amides is 1. The molecule has 2 aromatic carbocycles. The highest BCUT2D eigenvalue weighted by atomic mass is 32.2. The summed E-state index contributed by atoms with van der Waals surface area (Å²) in [7, 11) is 4.61. The first-order valence-electron chi connectivity index (χ1n) is 9.80. The maximum Gasteiger partial charge on any atom is 0.300 e. The summed E-state index contributed by atoms with van der Waals surface area (Å²) in [5.41, 5.74) is 0.963. The maximum atomic E-state index is 13.0. The molecule has 0 saturated carbocycles. The number of aromatic nitrogens is 4. The van der Waals surface area contributed by atoms with E-state index in [0.717, 1.165) is 0 Å². The molecule has 33 heavy (non-hydrogen) atoms. The van der Waals surface area contributed by atoms with Crippen molar-refractivity contribution in [1.82, 2.24) is 19.2 Å². The molecule has 0 spiro atoms. The number of nitrogens with zero attached hydrogens (tertiary/aromatic N) is 4. The van der Waals surface area contributed by atoms with E-state index >= 15 is 0 Å². The van der Waals surface area contributed by atoms with Crippen LogP contribution in [0.2, 0.25) is 0 Å². The van der Waals surface area contributed by atoms with Crippen LogP contribution in [0, 0.1) is 0 Å². The topological polar surface area (TPSA) is 109 Å². The first kappa shape index (κ1) is 22.2. The lowest BCUT2D eigenvalue weighted by Crippen LogP contribution is -2.20. The molecule has 0 fully saturated rings. The van der Waals surface area contributed by atoms with Gasteiger partial charge in [0.15, 0.2) is 16.7 Å². The average molecular weight is 468 g/mol. The lowest BCUT2D eigenvalue weighted by atomic mass is 10.2. The largest absolute Gasteiger partial charge is 0.495 e. The second-order valence-electron chi connectivity index (χ2n) is 6.73. The highest BCUT2D eigenvalue weighted by Crippen LogP contribution is 2.30. The van der Waals surface area contributed by atoms with Crippen LogP contribution in [0.3, 0.4) is 0 Å². The Morgan fingerprint density at radius 1 is 0.970 bits per heavy atom. The number of fused-ring (bicyclic) bond motifs is 1. The molecule has 0 saturated heterocycles. The fraction of sp³-hybridized carbons (Fsp3) is 0.182. The summed E-state index contributed by atoms with van der Waals surface area (Å²) in [6.07, 6.45) is 3.29. The number of carbonyl (C=O) groups excluding carboxylic acids is 1. The number of carbonyl (C=O) groups is 1. The van der Waals surface area contributed by atoms with Crippen molar-refractivity contribution in [3.8, 4) is 22.9 Å². The van der Waals surface area contributed by atoms with Gasteiger partial charge >= 0.3 is 5.56 Å². The molecule has 4 aromatic rings. The third-order valence-corrected chi connectivity index (χ3v) is 5.73. The Kier molecular flexibility index (Phi) is 6.50. The lowest BCUT2D eigenvalue weighted by molar-refractivity contribution is -0.113. The Hall–Kier alpha value is -3.99. The number of benzene rings is 2. The highest BCUT2D eigenvalue weighted by Gasteiger charge is 2.15. The van der Waals surface area contributed by atoms with E-state index in [4.69, 9.17) is 14.2 Å². The van der Waals surface area contributed by atoms with Crippen LogP contribution in [0.4, 0.5) is 5.69 Å². The van der Waals surface area contributed by atoms with Crippen molar-refractivity contribution in [1.29, 1.82) is 0 Å². The van der Waals surface area contributed by atoms with E-state index in [1.807, 2.05) is 12.1 Å². The quantitative estimate of drug-likeness (QED) is 0.394. The van der Waals surface area contributed by atoms with Crippen molar-refractivity contribution in [2.24, 2.45) is 0 Å². The van der Waals surface area contributed by atoms with E-state index < -0.39 is 0 Å². The molecule has 0 atom stereocenters. The smallest absolute Gasteiger partial charge is 0.300 e. The summed E-state index contributed by atoms with van der Waals surface area (Å²) in [6.45, 7) is 0. The average Bonchev–Trinajstić information content (AvgIpc) is 3.27. The zero-order chi connectivity index (χ0) is 23.4. The normalized spacial score (nSPS) is 10.8. The number of hydrogen-bond acceptors (Lipinski definition) is 8. The van der Waals surface area contributed by atoms with Gasteiger partial charge in [-0.25, -0.2) is 0 Å². The van der Waals surface area contributed by atoms with Gasteiger partial charge in [0.05, 0.1) is 32.8 Å². The van der Waals surface area contributed by atoms with E-state index in [1.165, 1.54) is 23.4 Å². The summed E-state index contributed by atoms with van der Waals surface area (Å²) >= 11 is 1.17. The van der Waals surface area contributed by atoms with Crippen LogP contribution in [0.5, 0.6) is 17.2 Å². The second-order valence-corrected chi connectivity index (χ2v) is 7.67.